The molecule has 1 atom stereocenters. The number of rotatable bonds is 1. The maximum atomic E-state index is 5.67. The standard InChI is InChI=1S/C8H16OS2/c1-2-8-7-11-6-5-10-4-3-9-8/h8H,2-7H2,1H3. The zero-order valence-electron chi connectivity index (χ0n) is 7.04. The first-order valence-corrected chi connectivity index (χ1v) is 6.51. The Morgan fingerprint density at radius 3 is 2.91 bits per heavy atom. The number of thioether (sulfide) groups is 2. The van der Waals surface area contributed by atoms with E-state index in [1.165, 1.54) is 23.0 Å². The molecule has 0 aliphatic carbocycles. The van der Waals surface area contributed by atoms with Crippen LogP contribution in [0.3, 0.4) is 0 Å². The Bertz CT molecular complexity index is 88.1. The lowest BCUT2D eigenvalue weighted by Crippen LogP contribution is -2.15. The van der Waals surface area contributed by atoms with Crippen molar-refractivity contribution in [3.05, 3.63) is 0 Å². The average Bonchev–Trinajstić information content (AvgIpc) is 2.16. The van der Waals surface area contributed by atoms with Gasteiger partial charge in [-0.25, -0.2) is 0 Å². The Morgan fingerprint density at radius 1 is 1.27 bits per heavy atom. The maximum absolute atomic E-state index is 5.67. The normalized spacial score (nSPS) is 28.6. The van der Waals surface area contributed by atoms with Gasteiger partial charge in [0.25, 0.3) is 0 Å². The van der Waals surface area contributed by atoms with E-state index in [0.29, 0.717) is 6.10 Å². The highest BCUT2D eigenvalue weighted by molar-refractivity contribution is 8.02. The van der Waals surface area contributed by atoms with Crippen LogP contribution in [-0.4, -0.2) is 35.7 Å². The van der Waals surface area contributed by atoms with Crippen LogP contribution >= 0.6 is 23.5 Å². The smallest absolute Gasteiger partial charge is 0.0663 e. The Labute approximate surface area is 77.6 Å². The number of ether oxygens (including phenoxy) is 1. The highest BCUT2D eigenvalue weighted by Crippen LogP contribution is 2.14. The molecule has 0 radical (unpaired) electrons. The van der Waals surface area contributed by atoms with Crippen molar-refractivity contribution in [3.63, 3.8) is 0 Å². The fourth-order valence-electron chi connectivity index (χ4n) is 0.992. The molecule has 1 unspecified atom stereocenters. The molecule has 1 heterocycles. The quantitative estimate of drug-likeness (QED) is 0.631. The van der Waals surface area contributed by atoms with E-state index in [0.717, 1.165) is 13.0 Å². The lowest BCUT2D eigenvalue weighted by atomic mass is 10.3. The minimum Gasteiger partial charge on any atom is -0.377 e. The van der Waals surface area contributed by atoms with Gasteiger partial charge in [-0.15, -0.1) is 0 Å². The van der Waals surface area contributed by atoms with Crippen molar-refractivity contribution in [1.82, 2.24) is 0 Å². The van der Waals surface area contributed by atoms with E-state index in [9.17, 15) is 0 Å². The summed E-state index contributed by atoms with van der Waals surface area (Å²) in [6.07, 6.45) is 1.68. The van der Waals surface area contributed by atoms with Crippen molar-refractivity contribution in [2.45, 2.75) is 19.4 Å². The summed E-state index contributed by atoms with van der Waals surface area (Å²) in [6.45, 7) is 3.15. The largest absolute Gasteiger partial charge is 0.377 e. The summed E-state index contributed by atoms with van der Waals surface area (Å²) in [5.74, 6) is 4.96. The van der Waals surface area contributed by atoms with Gasteiger partial charge in [-0.1, -0.05) is 6.92 Å². The maximum Gasteiger partial charge on any atom is 0.0663 e. The molecule has 1 aliphatic rings. The molecule has 0 aromatic carbocycles. The van der Waals surface area contributed by atoms with Gasteiger partial charge in [0.1, 0.15) is 0 Å². The molecule has 1 rings (SSSR count). The van der Waals surface area contributed by atoms with Crippen molar-refractivity contribution >= 4 is 23.5 Å². The van der Waals surface area contributed by atoms with Crippen molar-refractivity contribution in [1.29, 1.82) is 0 Å². The molecule has 1 saturated heterocycles. The summed E-state index contributed by atoms with van der Waals surface area (Å²) in [7, 11) is 0. The summed E-state index contributed by atoms with van der Waals surface area (Å²) in [4.78, 5) is 0. The molecule has 0 saturated carbocycles. The Kier molecular flexibility index (Phi) is 5.50. The molecule has 1 nitrogen and oxygen atoms in total. The highest BCUT2D eigenvalue weighted by Gasteiger charge is 2.07. The molecule has 0 amide bonds. The van der Waals surface area contributed by atoms with E-state index in [1.807, 2.05) is 23.5 Å². The zero-order valence-corrected chi connectivity index (χ0v) is 8.68. The van der Waals surface area contributed by atoms with Crippen LogP contribution in [0.1, 0.15) is 13.3 Å². The van der Waals surface area contributed by atoms with Crippen LogP contribution < -0.4 is 0 Å². The molecule has 11 heavy (non-hydrogen) atoms. The predicted molar refractivity (Wildman–Crippen MR) is 54.7 cm³/mol. The summed E-state index contributed by atoms with van der Waals surface area (Å²) in [5, 5.41) is 0. The minimum atomic E-state index is 0.513. The number of hydrogen-bond donors (Lipinski definition) is 0. The van der Waals surface area contributed by atoms with E-state index in [1.54, 1.807) is 0 Å². The second-order valence-corrected chi connectivity index (χ2v) is 4.96. The first-order chi connectivity index (χ1) is 5.43. The molecule has 1 fully saturated rings. The molecule has 0 aromatic heterocycles. The molecule has 3 heteroatoms. The van der Waals surface area contributed by atoms with Crippen LogP contribution in [0.15, 0.2) is 0 Å². The van der Waals surface area contributed by atoms with Gasteiger partial charge in [0.2, 0.25) is 0 Å². The third kappa shape index (κ3) is 4.28. The van der Waals surface area contributed by atoms with Crippen molar-refractivity contribution in [3.8, 4) is 0 Å². The molecule has 1 aliphatic heterocycles. The topological polar surface area (TPSA) is 9.23 Å². The van der Waals surface area contributed by atoms with E-state index in [4.69, 9.17) is 4.74 Å². The first kappa shape index (κ1) is 9.75. The van der Waals surface area contributed by atoms with Gasteiger partial charge in [-0.2, -0.15) is 23.5 Å². The Balaban J connectivity index is 2.19. The third-order valence-electron chi connectivity index (χ3n) is 1.71. The van der Waals surface area contributed by atoms with Crippen LogP contribution in [0.2, 0.25) is 0 Å². The van der Waals surface area contributed by atoms with Crippen LogP contribution in [0.4, 0.5) is 0 Å². The van der Waals surface area contributed by atoms with E-state index in [-0.39, 0.29) is 0 Å². The van der Waals surface area contributed by atoms with E-state index < -0.39 is 0 Å². The SMILES string of the molecule is CCC1CSCCSCCO1. The molecule has 0 aromatic rings. The monoisotopic (exact) mass is 192 g/mol. The molecule has 66 valence electrons. The van der Waals surface area contributed by atoms with Crippen LogP contribution in [0.5, 0.6) is 0 Å². The predicted octanol–water partition coefficient (Wildman–Crippen LogP) is 2.26. The van der Waals surface area contributed by atoms with Gasteiger partial charge in [-0.05, 0) is 6.42 Å². The average molecular weight is 192 g/mol. The highest BCUT2D eigenvalue weighted by atomic mass is 32.2. The van der Waals surface area contributed by atoms with Gasteiger partial charge in [0, 0.05) is 23.0 Å². The fourth-order valence-corrected chi connectivity index (χ4v) is 3.11. The molecule has 0 bridgehead atoms. The zero-order chi connectivity index (χ0) is 7.94. The molecular weight excluding hydrogens is 176 g/mol. The van der Waals surface area contributed by atoms with Crippen LogP contribution in [-0.2, 0) is 4.74 Å². The lowest BCUT2D eigenvalue weighted by Gasteiger charge is -2.13. The summed E-state index contributed by atoms with van der Waals surface area (Å²) in [5.41, 5.74) is 0. The van der Waals surface area contributed by atoms with E-state index >= 15 is 0 Å². The third-order valence-corrected chi connectivity index (χ3v) is 4.02. The van der Waals surface area contributed by atoms with Crippen molar-refractivity contribution in [2.75, 3.05) is 29.6 Å². The van der Waals surface area contributed by atoms with Crippen LogP contribution in [0, 0.1) is 0 Å². The van der Waals surface area contributed by atoms with E-state index in [2.05, 4.69) is 6.92 Å². The summed E-state index contributed by atoms with van der Waals surface area (Å²) < 4.78 is 5.67. The molecule has 0 spiro atoms. The first-order valence-electron chi connectivity index (χ1n) is 4.20. The number of hydrogen-bond acceptors (Lipinski definition) is 3. The minimum absolute atomic E-state index is 0.513. The fraction of sp³-hybridized carbons (Fsp3) is 1.00. The van der Waals surface area contributed by atoms with Crippen molar-refractivity contribution in [2.24, 2.45) is 0 Å². The van der Waals surface area contributed by atoms with Gasteiger partial charge in [-0.3, -0.25) is 0 Å². The summed E-state index contributed by atoms with van der Waals surface area (Å²) >= 11 is 4.04. The lowest BCUT2D eigenvalue weighted by molar-refractivity contribution is 0.0794. The second kappa shape index (κ2) is 6.21. The molecule has 0 N–H and O–H groups in total. The van der Waals surface area contributed by atoms with Gasteiger partial charge in [0.15, 0.2) is 0 Å². The second-order valence-electron chi connectivity index (χ2n) is 2.59. The van der Waals surface area contributed by atoms with Gasteiger partial charge < -0.3 is 4.74 Å². The van der Waals surface area contributed by atoms with Crippen LogP contribution in [0.25, 0.3) is 0 Å². The Morgan fingerprint density at radius 2 is 2.09 bits per heavy atom. The van der Waals surface area contributed by atoms with Gasteiger partial charge in [0.05, 0.1) is 12.7 Å². The summed E-state index contributed by atoms with van der Waals surface area (Å²) in [6, 6.07) is 0. The van der Waals surface area contributed by atoms with Crippen molar-refractivity contribution < 1.29 is 4.74 Å². The Hall–Kier alpha value is 0.660. The molecular formula is C8H16OS2. The van der Waals surface area contributed by atoms with Gasteiger partial charge >= 0.3 is 0 Å².